The van der Waals surface area contributed by atoms with Gasteiger partial charge in [0.15, 0.2) is 0 Å². The van der Waals surface area contributed by atoms with Crippen LogP contribution in [-0.4, -0.2) is 48.8 Å². The van der Waals surface area contributed by atoms with Gasteiger partial charge in [-0.15, -0.1) is 0 Å². The molecule has 1 saturated carbocycles. The van der Waals surface area contributed by atoms with Gasteiger partial charge in [0, 0.05) is 0 Å². The van der Waals surface area contributed by atoms with Crippen molar-refractivity contribution < 1.29 is 19.7 Å². The van der Waals surface area contributed by atoms with Crippen LogP contribution >= 0.6 is 0 Å². The van der Waals surface area contributed by atoms with Crippen molar-refractivity contribution >= 4 is 0 Å². The first kappa shape index (κ1) is 10.9. The van der Waals surface area contributed by atoms with Crippen LogP contribution in [0.15, 0.2) is 0 Å². The SMILES string of the molecule is OCCO[C@H]1CCC[C@H]1OCCO. The average Bonchev–Trinajstić information content (AvgIpc) is 2.59. The van der Waals surface area contributed by atoms with Gasteiger partial charge < -0.3 is 19.7 Å². The van der Waals surface area contributed by atoms with Crippen molar-refractivity contribution in [3.05, 3.63) is 0 Å². The van der Waals surface area contributed by atoms with Crippen molar-refractivity contribution in [1.82, 2.24) is 0 Å². The largest absolute Gasteiger partial charge is 0.394 e. The van der Waals surface area contributed by atoms with Gasteiger partial charge in [-0.05, 0) is 19.3 Å². The van der Waals surface area contributed by atoms with Crippen LogP contribution in [0.1, 0.15) is 19.3 Å². The lowest BCUT2D eigenvalue weighted by atomic mass is 10.2. The van der Waals surface area contributed by atoms with Gasteiger partial charge in [0.1, 0.15) is 0 Å². The Kier molecular flexibility index (Phi) is 5.31. The number of hydrogen-bond donors (Lipinski definition) is 2. The standard InChI is InChI=1S/C9H18O4/c10-4-6-12-8-2-1-3-9(8)13-7-5-11/h8-11H,1-7H2/t8-,9+. The number of rotatable bonds is 6. The fraction of sp³-hybridized carbons (Fsp3) is 1.00. The fourth-order valence-corrected chi connectivity index (χ4v) is 1.68. The van der Waals surface area contributed by atoms with E-state index in [0.717, 1.165) is 19.3 Å². The molecule has 1 rings (SSSR count). The summed E-state index contributed by atoms with van der Waals surface area (Å²) in [5.74, 6) is 0. The van der Waals surface area contributed by atoms with Gasteiger partial charge in [0.05, 0.1) is 38.6 Å². The molecule has 2 N–H and O–H groups in total. The fourth-order valence-electron chi connectivity index (χ4n) is 1.68. The van der Waals surface area contributed by atoms with Gasteiger partial charge in [-0.25, -0.2) is 0 Å². The summed E-state index contributed by atoms with van der Waals surface area (Å²) < 4.78 is 10.8. The van der Waals surface area contributed by atoms with Gasteiger partial charge in [0.2, 0.25) is 0 Å². The summed E-state index contributed by atoms with van der Waals surface area (Å²) in [4.78, 5) is 0. The molecular weight excluding hydrogens is 172 g/mol. The second-order valence-electron chi connectivity index (χ2n) is 3.20. The van der Waals surface area contributed by atoms with Crippen LogP contribution in [0.3, 0.4) is 0 Å². The molecule has 0 radical (unpaired) electrons. The summed E-state index contributed by atoms with van der Waals surface area (Å²) >= 11 is 0. The average molecular weight is 190 g/mol. The monoisotopic (exact) mass is 190 g/mol. The van der Waals surface area contributed by atoms with Crippen molar-refractivity contribution in [2.24, 2.45) is 0 Å². The van der Waals surface area contributed by atoms with Gasteiger partial charge in [-0.1, -0.05) is 0 Å². The second-order valence-corrected chi connectivity index (χ2v) is 3.20. The Morgan fingerprint density at radius 3 is 1.77 bits per heavy atom. The first-order chi connectivity index (χ1) is 6.38. The Morgan fingerprint density at radius 2 is 1.38 bits per heavy atom. The molecule has 13 heavy (non-hydrogen) atoms. The molecule has 0 aromatic heterocycles. The lowest BCUT2D eigenvalue weighted by Gasteiger charge is -2.19. The molecule has 0 unspecified atom stereocenters. The summed E-state index contributed by atoms with van der Waals surface area (Å²) in [5, 5.41) is 17.2. The lowest BCUT2D eigenvalue weighted by Crippen LogP contribution is -2.28. The Balaban J connectivity index is 2.18. The molecule has 0 aliphatic heterocycles. The summed E-state index contributed by atoms with van der Waals surface area (Å²) in [7, 11) is 0. The second kappa shape index (κ2) is 6.32. The molecule has 0 bridgehead atoms. The third-order valence-electron chi connectivity index (χ3n) is 2.24. The van der Waals surface area contributed by atoms with Gasteiger partial charge in [-0.3, -0.25) is 0 Å². The van der Waals surface area contributed by atoms with E-state index in [1.165, 1.54) is 0 Å². The van der Waals surface area contributed by atoms with E-state index in [0.29, 0.717) is 13.2 Å². The maximum absolute atomic E-state index is 8.58. The summed E-state index contributed by atoms with van der Waals surface area (Å²) in [6, 6.07) is 0. The molecule has 0 spiro atoms. The normalized spacial score (nSPS) is 28.2. The Hall–Kier alpha value is -0.160. The molecule has 0 saturated heterocycles. The van der Waals surface area contributed by atoms with E-state index in [2.05, 4.69) is 0 Å². The Labute approximate surface area is 78.5 Å². The molecule has 0 aromatic rings. The van der Waals surface area contributed by atoms with E-state index in [-0.39, 0.29) is 25.4 Å². The van der Waals surface area contributed by atoms with E-state index in [1.807, 2.05) is 0 Å². The molecule has 4 heteroatoms. The minimum Gasteiger partial charge on any atom is -0.394 e. The highest BCUT2D eigenvalue weighted by Gasteiger charge is 2.28. The number of aliphatic hydroxyl groups excluding tert-OH is 2. The van der Waals surface area contributed by atoms with Crippen molar-refractivity contribution in [2.75, 3.05) is 26.4 Å². The zero-order valence-corrected chi connectivity index (χ0v) is 7.82. The minimum absolute atomic E-state index is 0.0587. The Morgan fingerprint density at radius 1 is 0.923 bits per heavy atom. The molecule has 2 atom stereocenters. The highest BCUT2D eigenvalue weighted by Crippen LogP contribution is 2.24. The van der Waals surface area contributed by atoms with Gasteiger partial charge in [-0.2, -0.15) is 0 Å². The minimum atomic E-state index is 0.0587. The zero-order valence-electron chi connectivity index (χ0n) is 7.82. The maximum atomic E-state index is 8.58. The van der Waals surface area contributed by atoms with Crippen LogP contribution in [0.4, 0.5) is 0 Å². The van der Waals surface area contributed by atoms with Gasteiger partial charge in [0.25, 0.3) is 0 Å². The van der Waals surface area contributed by atoms with Crippen LogP contribution in [0, 0.1) is 0 Å². The van der Waals surface area contributed by atoms with Gasteiger partial charge >= 0.3 is 0 Å². The molecule has 78 valence electrons. The summed E-state index contributed by atoms with van der Waals surface area (Å²) in [6.07, 6.45) is 3.32. The highest BCUT2D eigenvalue weighted by atomic mass is 16.5. The van der Waals surface area contributed by atoms with Crippen LogP contribution in [-0.2, 0) is 9.47 Å². The maximum Gasteiger partial charge on any atom is 0.0837 e. The molecular formula is C9H18O4. The first-order valence-corrected chi connectivity index (χ1v) is 4.83. The molecule has 1 aliphatic rings. The highest BCUT2D eigenvalue weighted by molar-refractivity contribution is 4.78. The van der Waals surface area contributed by atoms with E-state index in [1.54, 1.807) is 0 Å². The molecule has 1 fully saturated rings. The van der Waals surface area contributed by atoms with Crippen molar-refractivity contribution in [2.45, 2.75) is 31.5 Å². The van der Waals surface area contributed by atoms with E-state index in [9.17, 15) is 0 Å². The van der Waals surface area contributed by atoms with Crippen LogP contribution in [0.25, 0.3) is 0 Å². The van der Waals surface area contributed by atoms with Crippen molar-refractivity contribution in [1.29, 1.82) is 0 Å². The quantitative estimate of drug-likeness (QED) is 0.615. The van der Waals surface area contributed by atoms with Crippen molar-refractivity contribution in [3.63, 3.8) is 0 Å². The van der Waals surface area contributed by atoms with E-state index < -0.39 is 0 Å². The predicted octanol–water partition coefficient (Wildman–Crippen LogP) is -0.0747. The van der Waals surface area contributed by atoms with E-state index in [4.69, 9.17) is 19.7 Å². The number of hydrogen-bond acceptors (Lipinski definition) is 4. The summed E-state index contributed by atoms with van der Waals surface area (Å²) in [6.45, 7) is 0.875. The zero-order chi connectivity index (χ0) is 9.52. The third kappa shape index (κ3) is 3.60. The van der Waals surface area contributed by atoms with Crippen LogP contribution in [0.2, 0.25) is 0 Å². The molecule has 4 nitrogen and oxygen atoms in total. The Bertz CT molecular complexity index is 115. The van der Waals surface area contributed by atoms with Crippen LogP contribution in [0.5, 0.6) is 0 Å². The number of ether oxygens (including phenoxy) is 2. The van der Waals surface area contributed by atoms with Crippen molar-refractivity contribution in [3.8, 4) is 0 Å². The number of aliphatic hydroxyl groups is 2. The molecule has 1 aliphatic carbocycles. The predicted molar refractivity (Wildman–Crippen MR) is 47.5 cm³/mol. The first-order valence-electron chi connectivity index (χ1n) is 4.83. The third-order valence-corrected chi connectivity index (χ3v) is 2.24. The van der Waals surface area contributed by atoms with E-state index >= 15 is 0 Å². The molecule has 0 aromatic carbocycles. The molecule has 0 heterocycles. The van der Waals surface area contributed by atoms with Crippen LogP contribution < -0.4 is 0 Å². The smallest absolute Gasteiger partial charge is 0.0837 e. The molecule has 0 amide bonds. The summed E-state index contributed by atoms with van der Waals surface area (Å²) in [5.41, 5.74) is 0. The lowest BCUT2D eigenvalue weighted by molar-refractivity contribution is -0.0693. The topological polar surface area (TPSA) is 58.9 Å².